The van der Waals surface area contributed by atoms with Crippen LogP contribution < -0.4 is 9.47 Å². The summed E-state index contributed by atoms with van der Waals surface area (Å²) in [6.07, 6.45) is 3.70. The third kappa shape index (κ3) is 3.04. The molecule has 3 aromatic rings. The summed E-state index contributed by atoms with van der Waals surface area (Å²) in [7, 11) is 3.95. The fraction of sp³-hybridized carbons (Fsp3) is 0.214. The minimum atomic E-state index is -1.01. The van der Waals surface area contributed by atoms with Crippen molar-refractivity contribution in [1.82, 2.24) is 0 Å². The van der Waals surface area contributed by atoms with Gasteiger partial charge in [0, 0.05) is 52.7 Å². The number of benzene rings is 2. The zero-order valence-electron chi connectivity index (χ0n) is 19.5. The summed E-state index contributed by atoms with van der Waals surface area (Å²) in [6.45, 7) is 4.26. The molecule has 1 aliphatic heterocycles. The van der Waals surface area contributed by atoms with Crippen LogP contribution in [0, 0.1) is 28.6 Å². The number of hydrogen-bond acceptors (Lipinski definition) is 5. The number of ketones is 1. The SMILES string of the molecule is CN1/C(=C/C2=C(C(C#N)C#N)C(=C/c3sc4ccccc4[n+]3C)/C2=O)C(C)(C)c2ccccc21. The number of nitriles is 2. The first-order chi connectivity index (χ1) is 16.3. The van der Waals surface area contributed by atoms with Crippen molar-refractivity contribution in [3.8, 4) is 12.1 Å². The van der Waals surface area contributed by atoms with Gasteiger partial charge < -0.3 is 4.90 Å². The Labute approximate surface area is 202 Å². The van der Waals surface area contributed by atoms with Crippen LogP contribution in [0.5, 0.6) is 0 Å². The molecule has 5 rings (SSSR count). The van der Waals surface area contributed by atoms with E-state index >= 15 is 0 Å². The summed E-state index contributed by atoms with van der Waals surface area (Å²) in [6, 6.07) is 20.4. The van der Waals surface area contributed by atoms with Crippen molar-refractivity contribution in [3.05, 3.63) is 87.6 Å². The molecule has 2 aliphatic rings. The lowest BCUT2D eigenvalue weighted by Gasteiger charge is -2.29. The zero-order chi connectivity index (χ0) is 24.2. The molecule has 1 aromatic heterocycles. The standard InChI is InChI=1S/C28H23N4OS/c1-28(2)20-9-5-6-10-21(20)31(3)24(28)13-18-26(17(15-29)16-30)19(27(18)33)14-25-32(4)22-11-7-8-12-23(22)34-25/h5-14,17H,1-4H3/q+1. The van der Waals surface area contributed by atoms with Crippen molar-refractivity contribution < 1.29 is 9.36 Å². The van der Waals surface area contributed by atoms with Crippen molar-refractivity contribution in [2.24, 2.45) is 13.0 Å². The summed E-state index contributed by atoms with van der Waals surface area (Å²) in [5.41, 5.74) is 5.42. The summed E-state index contributed by atoms with van der Waals surface area (Å²) in [5, 5.41) is 20.3. The maximum absolute atomic E-state index is 13.4. The molecule has 0 N–H and O–H groups in total. The van der Waals surface area contributed by atoms with Crippen molar-refractivity contribution >= 4 is 39.1 Å². The number of hydrogen-bond donors (Lipinski definition) is 0. The van der Waals surface area contributed by atoms with Gasteiger partial charge in [-0.05, 0) is 23.8 Å². The Morgan fingerprint density at radius 2 is 1.74 bits per heavy atom. The van der Waals surface area contributed by atoms with Gasteiger partial charge in [0.05, 0.1) is 12.1 Å². The number of likely N-dealkylation sites (N-methyl/N-ethyl adjacent to an activating group) is 1. The second kappa shape index (κ2) is 7.80. The molecule has 5 nitrogen and oxygen atoms in total. The number of anilines is 1. The molecule has 0 fully saturated rings. The van der Waals surface area contributed by atoms with Crippen LogP contribution in [0.1, 0.15) is 24.4 Å². The third-order valence-corrected chi connectivity index (χ3v) is 8.04. The number of rotatable bonds is 3. The Balaban J connectivity index is 1.66. The van der Waals surface area contributed by atoms with E-state index in [4.69, 9.17) is 0 Å². The largest absolute Gasteiger partial charge is 0.347 e. The highest BCUT2D eigenvalue weighted by Gasteiger charge is 2.42. The highest BCUT2D eigenvalue weighted by atomic mass is 32.1. The van der Waals surface area contributed by atoms with Gasteiger partial charge in [-0.1, -0.05) is 55.5 Å². The van der Waals surface area contributed by atoms with Crippen LogP contribution in [0.25, 0.3) is 16.3 Å². The first kappa shape index (κ1) is 21.8. The van der Waals surface area contributed by atoms with Crippen LogP contribution in [0.2, 0.25) is 0 Å². The molecule has 0 saturated heterocycles. The van der Waals surface area contributed by atoms with Crippen molar-refractivity contribution in [2.75, 3.05) is 11.9 Å². The smallest absolute Gasteiger partial charge is 0.263 e. The Hall–Kier alpha value is -4.00. The summed E-state index contributed by atoms with van der Waals surface area (Å²) >= 11 is 1.58. The lowest BCUT2D eigenvalue weighted by Crippen LogP contribution is -2.31. The van der Waals surface area contributed by atoms with Gasteiger partial charge >= 0.3 is 0 Å². The van der Waals surface area contributed by atoms with Crippen LogP contribution >= 0.6 is 11.3 Å². The number of fused-ring (bicyclic) bond motifs is 2. The molecule has 0 atom stereocenters. The quantitative estimate of drug-likeness (QED) is 0.406. The average molecular weight is 464 g/mol. The van der Waals surface area contributed by atoms with Crippen LogP contribution in [-0.2, 0) is 17.3 Å². The topological polar surface area (TPSA) is 71.8 Å². The average Bonchev–Trinajstić information content (AvgIpc) is 3.26. The van der Waals surface area contributed by atoms with Gasteiger partial charge in [0.2, 0.25) is 5.52 Å². The summed E-state index contributed by atoms with van der Waals surface area (Å²) in [4.78, 5) is 15.5. The molecular weight excluding hydrogens is 440 g/mol. The minimum Gasteiger partial charge on any atom is -0.347 e. The van der Waals surface area contributed by atoms with Gasteiger partial charge in [0.25, 0.3) is 5.01 Å². The lowest BCUT2D eigenvalue weighted by molar-refractivity contribution is -0.642. The summed E-state index contributed by atoms with van der Waals surface area (Å²) < 4.78 is 3.15. The van der Waals surface area contributed by atoms with E-state index in [9.17, 15) is 15.3 Å². The van der Waals surface area contributed by atoms with Crippen LogP contribution in [0.4, 0.5) is 5.69 Å². The number of thiazole rings is 1. The highest BCUT2D eigenvalue weighted by Crippen LogP contribution is 2.48. The predicted octanol–water partition coefficient (Wildman–Crippen LogP) is 4.96. The monoisotopic (exact) mass is 463 g/mol. The molecule has 0 saturated carbocycles. The number of para-hydroxylation sites is 2. The molecule has 6 heteroatoms. The van der Waals surface area contributed by atoms with Crippen LogP contribution in [0.3, 0.4) is 0 Å². The number of aromatic nitrogens is 1. The van der Waals surface area contributed by atoms with E-state index in [2.05, 4.69) is 43.0 Å². The Kier molecular flexibility index (Phi) is 5.01. The fourth-order valence-electron chi connectivity index (χ4n) is 4.99. The van der Waals surface area contributed by atoms with Gasteiger partial charge in [-0.15, -0.1) is 0 Å². The van der Waals surface area contributed by atoms with Gasteiger partial charge in [-0.25, -0.2) is 0 Å². The van der Waals surface area contributed by atoms with Gasteiger partial charge in [0.1, 0.15) is 11.7 Å². The Morgan fingerprint density at radius 3 is 2.41 bits per heavy atom. The highest BCUT2D eigenvalue weighted by molar-refractivity contribution is 7.18. The number of allylic oxidation sites excluding steroid dienone is 5. The van der Waals surface area contributed by atoms with E-state index in [0.29, 0.717) is 16.7 Å². The second-order valence-electron chi connectivity index (χ2n) is 9.10. The van der Waals surface area contributed by atoms with Gasteiger partial charge in [-0.3, -0.25) is 4.79 Å². The molecule has 34 heavy (non-hydrogen) atoms. The van der Waals surface area contributed by atoms with E-state index in [1.165, 1.54) is 5.56 Å². The first-order valence-corrected chi connectivity index (χ1v) is 11.8. The molecule has 0 spiro atoms. The number of carbonyl (C=O) groups excluding carboxylic acids is 1. The fourth-order valence-corrected chi connectivity index (χ4v) is 6.09. The second-order valence-corrected chi connectivity index (χ2v) is 10.2. The Bertz CT molecular complexity index is 1540. The normalized spacial score (nSPS) is 19.0. The molecule has 0 unspecified atom stereocenters. The zero-order valence-corrected chi connectivity index (χ0v) is 20.3. The molecule has 1 aliphatic carbocycles. The Morgan fingerprint density at radius 1 is 1.06 bits per heavy atom. The van der Waals surface area contributed by atoms with Gasteiger partial charge in [0.15, 0.2) is 11.7 Å². The van der Waals surface area contributed by atoms with E-state index in [0.717, 1.165) is 26.6 Å². The first-order valence-electron chi connectivity index (χ1n) is 11.0. The maximum atomic E-state index is 13.4. The molecule has 0 radical (unpaired) electrons. The van der Waals surface area contributed by atoms with E-state index in [1.54, 1.807) is 11.3 Å². The van der Waals surface area contributed by atoms with Gasteiger partial charge in [-0.2, -0.15) is 15.1 Å². The molecule has 0 amide bonds. The van der Waals surface area contributed by atoms with E-state index in [-0.39, 0.29) is 11.2 Å². The third-order valence-electron chi connectivity index (χ3n) is 6.88. The van der Waals surface area contributed by atoms with E-state index in [1.807, 2.05) is 67.2 Å². The van der Waals surface area contributed by atoms with Crippen LogP contribution in [0.15, 0.2) is 77.0 Å². The number of nitrogens with zero attached hydrogens (tertiary/aromatic N) is 4. The molecule has 2 heterocycles. The minimum absolute atomic E-state index is 0.129. The maximum Gasteiger partial charge on any atom is 0.263 e. The van der Waals surface area contributed by atoms with Crippen molar-refractivity contribution in [1.29, 1.82) is 10.5 Å². The van der Waals surface area contributed by atoms with Crippen molar-refractivity contribution in [2.45, 2.75) is 19.3 Å². The molecule has 0 bridgehead atoms. The summed E-state index contributed by atoms with van der Waals surface area (Å²) in [5.74, 6) is -1.14. The molecular formula is C28H23N4OS+. The number of carbonyl (C=O) groups is 1. The van der Waals surface area contributed by atoms with Crippen molar-refractivity contribution in [3.63, 3.8) is 0 Å². The van der Waals surface area contributed by atoms with Crippen LogP contribution in [-0.4, -0.2) is 12.8 Å². The van der Waals surface area contributed by atoms with E-state index < -0.39 is 5.92 Å². The lowest BCUT2D eigenvalue weighted by atomic mass is 9.73. The molecule has 2 aromatic carbocycles. The number of Topliss-reactive ketones (excluding diaryl/α,β-unsaturated/α-hetero) is 1. The predicted molar refractivity (Wildman–Crippen MR) is 134 cm³/mol. The number of aryl methyl sites for hydroxylation is 1. The molecule has 166 valence electrons.